The van der Waals surface area contributed by atoms with Crippen molar-refractivity contribution in [3.63, 3.8) is 0 Å². The zero-order valence-corrected chi connectivity index (χ0v) is 21.7. The van der Waals surface area contributed by atoms with Crippen LogP contribution in [-0.4, -0.2) is 26.2 Å². The van der Waals surface area contributed by atoms with Gasteiger partial charge in [-0.3, -0.25) is 4.39 Å². The van der Waals surface area contributed by atoms with Crippen molar-refractivity contribution in [2.75, 3.05) is 20.4 Å². The van der Waals surface area contributed by atoms with Gasteiger partial charge in [0.1, 0.15) is 0 Å². The fourth-order valence-corrected chi connectivity index (χ4v) is 4.24. The Labute approximate surface area is 195 Å². The molecule has 0 aromatic carbocycles. The SMILES string of the molecule is CCCCCCCCCCCCCCCC(C)(OC)OCCCCCCCCCCF. The number of rotatable bonds is 26. The highest BCUT2D eigenvalue weighted by Gasteiger charge is 2.23. The number of alkyl halides is 1. The lowest BCUT2D eigenvalue weighted by molar-refractivity contribution is -0.215. The summed E-state index contributed by atoms with van der Waals surface area (Å²) in [6.45, 7) is 5.02. The molecular weight excluding hydrogens is 387 g/mol. The molecule has 0 spiro atoms. The van der Waals surface area contributed by atoms with E-state index in [-0.39, 0.29) is 6.67 Å². The Morgan fingerprint density at radius 2 is 0.935 bits per heavy atom. The molecule has 0 N–H and O–H groups in total. The van der Waals surface area contributed by atoms with E-state index in [2.05, 4.69) is 13.8 Å². The van der Waals surface area contributed by atoms with Gasteiger partial charge >= 0.3 is 0 Å². The van der Waals surface area contributed by atoms with E-state index in [1.807, 2.05) is 0 Å². The summed E-state index contributed by atoms with van der Waals surface area (Å²) in [5.41, 5.74) is 0. The minimum Gasteiger partial charge on any atom is -0.353 e. The first-order chi connectivity index (χ1) is 15.2. The maximum atomic E-state index is 12.0. The van der Waals surface area contributed by atoms with Crippen molar-refractivity contribution in [3.8, 4) is 0 Å². The lowest BCUT2D eigenvalue weighted by atomic mass is 10.0. The van der Waals surface area contributed by atoms with Crippen molar-refractivity contribution in [1.29, 1.82) is 0 Å². The molecule has 188 valence electrons. The van der Waals surface area contributed by atoms with E-state index < -0.39 is 5.79 Å². The molecule has 0 aliphatic carbocycles. The summed E-state index contributed by atoms with van der Waals surface area (Å²) in [5.74, 6) is -0.413. The molecule has 0 rings (SSSR count). The molecule has 0 aliphatic heterocycles. The van der Waals surface area contributed by atoms with Crippen LogP contribution in [0, 0.1) is 0 Å². The molecule has 0 aliphatic rings. The van der Waals surface area contributed by atoms with Gasteiger partial charge in [-0.15, -0.1) is 0 Å². The highest BCUT2D eigenvalue weighted by atomic mass is 19.1. The summed E-state index contributed by atoms with van der Waals surface area (Å²) in [6.07, 6.45) is 28.1. The molecule has 0 fully saturated rings. The molecule has 2 nitrogen and oxygen atoms in total. The standard InChI is InChI=1S/C28H57FO2/c1-4-5-6-7-8-9-10-11-12-13-16-19-22-25-28(2,30-3)31-27-24-21-18-15-14-17-20-23-26-29/h4-27H2,1-3H3. The summed E-state index contributed by atoms with van der Waals surface area (Å²) in [5, 5.41) is 0. The number of hydrogen-bond donors (Lipinski definition) is 0. The third-order valence-corrected chi connectivity index (χ3v) is 6.60. The van der Waals surface area contributed by atoms with E-state index in [1.54, 1.807) is 7.11 Å². The molecular formula is C28H57FO2. The highest BCUT2D eigenvalue weighted by molar-refractivity contribution is 4.63. The molecule has 0 bridgehead atoms. The topological polar surface area (TPSA) is 18.5 Å². The van der Waals surface area contributed by atoms with Crippen LogP contribution in [0.1, 0.15) is 155 Å². The van der Waals surface area contributed by atoms with Gasteiger partial charge < -0.3 is 9.47 Å². The monoisotopic (exact) mass is 444 g/mol. The molecule has 0 aromatic rings. The van der Waals surface area contributed by atoms with E-state index in [4.69, 9.17) is 9.47 Å². The minimum absolute atomic E-state index is 0.158. The molecule has 0 heterocycles. The van der Waals surface area contributed by atoms with E-state index in [9.17, 15) is 4.39 Å². The Kier molecular flexibility index (Phi) is 24.4. The zero-order chi connectivity index (χ0) is 22.9. The van der Waals surface area contributed by atoms with Gasteiger partial charge in [0.2, 0.25) is 0 Å². The second-order valence-electron chi connectivity index (χ2n) is 9.70. The van der Waals surface area contributed by atoms with Crippen molar-refractivity contribution < 1.29 is 13.9 Å². The summed E-state index contributed by atoms with van der Waals surface area (Å²) >= 11 is 0. The first kappa shape index (κ1) is 30.9. The summed E-state index contributed by atoms with van der Waals surface area (Å²) in [7, 11) is 1.78. The molecule has 1 unspecified atom stereocenters. The first-order valence-electron chi connectivity index (χ1n) is 13.9. The summed E-state index contributed by atoms with van der Waals surface area (Å²) in [6, 6.07) is 0. The van der Waals surface area contributed by atoms with Crippen LogP contribution in [-0.2, 0) is 9.47 Å². The van der Waals surface area contributed by atoms with Crippen LogP contribution >= 0.6 is 0 Å². The molecule has 1 atom stereocenters. The van der Waals surface area contributed by atoms with Crippen LogP contribution in [0.25, 0.3) is 0 Å². The molecule has 31 heavy (non-hydrogen) atoms. The van der Waals surface area contributed by atoms with Crippen molar-refractivity contribution in [2.24, 2.45) is 0 Å². The average Bonchev–Trinajstić information content (AvgIpc) is 2.78. The molecule has 0 saturated heterocycles. The number of halogens is 1. The predicted octanol–water partition coefficient (Wildman–Crippen LogP) is 9.94. The van der Waals surface area contributed by atoms with Crippen molar-refractivity contribution >= 4 is 0 Å². The second kappa shape index (κ2) is 24.5. The van der Waals surface area contributed by atoms with Crippen molar-refractivity contribution in [2.45, 2.75) is 161 Å². The van der Waals surface area contributed by atoms with Crippen molar-refractivity contribution in [3.05, 3.63) is 0 Å². The Bertz CT molecular complexity index is 337. The predicted molar refractivity (Wildman–Crippen MR) is 135 cm³/mol. The quantitative estimate of drug-likeness (QED) is 0.0975. The Morgan fingerprint density at radius 3 is 1.35 bits per heavy atom. The maximum absolute atomic E-state index is 12.0. The fourth-order valence-electron chi connectivity index (χ4n) is 4.24. The number of methoxy groups -OCH3 is 1. The number of unbranched alkanes of at least 4 members (excludes halogenated alkanes) is 19. The van der Waals surface area contributed by atoms with Crippen LogP contribution in [0.5, 0.6) is 0 Å². The third kappa shape index (κ3) is 22.8. The van der Waals surface area contributed by atoms with Gasteiger partial charge in [0.05, 0.1) is 13.3 Å². The molecule has 3 heteroatoms. The smallest absolute Gasteiger partial charge is 0.165 e. The van der Waals surface area contributed by atoms with E-state index in [0.717, 1.165) is 32.3 Å². The average molecular weight is 445 g/mol. The summed E-state index contributed by atoms with van der Waals surface area (Å²) in [4.78, 5) is 0. The molecule has 0 saturated carbocycles. The van der Waals surface area contributed by atoms with Gasteiger partial charge in [-0.2, -0.15) is 0 Å². The van der Waals surface area contributed by atoms with Gasteiger partial charge in [-0.05, 0) is 26.2 Å². The Hall–Kier alpha value is -0.150. The molecule has 0 aromatic heterocycles. The van der Waals surface area contributed by atoms with Crippen molar-refractivity contribution in [1.82, 2.24) is 0 Å². The van der Waals surface area contributed by atoms with Crippen LogP contribution in [0.4, 0.5) is 4.39 Å². The van der Waals surface area contributed by atoms with Crippen LogP contribution in [0.2, 0.25) is 0 Å². The second-order valence-corrected chi connectivity index (χ2v) is 9.70. The van der Waals surface area contributed by atoms with Gasteiger partial charge in [-0.1, -0.05) is 122 Å². The van der Waals surface area contributed by atoms with Gasteiger partial charge in [0.15, 0.2) is 5.79 Å². The van der Waals surface area contributed by atoms with Crippen LogP contribution in [0.3, 0.4) is 0 Å². The first-order valence-corrected chi connectivity index (χ1v) is 13.9. The minimum atomic E-state index is -0.413. The number of ether oxygens (including phenoxy) is 2. The van der Waals surface area contributed by atoms with E-state index in [0.29, 0.717) is 0 Å². The third-order valence-electron chi connectivity index (χ3n) is 6.60. The van der Waals surface area contributed by atoms with Gasteiger partial charge in [0.25, 0.3) is 0 Å². The van der Waals surface area contributed by atoms with E-state index in [1.165, 1.54) is 116 Å². The maximum Gasteiger partial charge on any atom is 0.165 e. The zero-order valence-electron chi connectivity index (χ0n) is 21.7. The van der Waals surface area contributed by atoms with Crippen LogP contribution < -0.4 is 0 Å². The molecule has 0 amide bonds. The number of hydrogen-bond acceptors (Lipinski definition) is 2. The summed E-state index contributed by atoms with van der Waals surface area (Å²) < 4.78 is 23.8. The van der Waals surface area contributed by atoms with E-state index >= 15 is 0 Å². The lowest BCUT2D eigenvalue weighted by Gasteiger charge is -2.28. The fraction of sp³-hybridized carbons (Fsp3) is 1.00. The Morgan fingerprint density at radius 1 is 0.548 bits per heavy atom. The van der Waals surface area contributed by atoms with Gasteiger partial charge in [0, 0.05) is 13.5 Å². The molecule has 0 radical (unpaired) electrons. The van der Waals surface area contributed by atoms with Crippen LogP contribution in [0.15, 0.2) is 0 Å². The Balaban J connectivity index is 3.43. The normalized spacial score (nSPS) is 13.5. The highest BCUT2D eigenvalue weighted by Crippen LogP contribution is 2.22. The lowest BCUT2D eigenvalue weighted by Crippen LogP contribution is -2.31. The largest absolute Gasteiger partial charge is 0.353 e. The van der Waals surface area contributed by atoms with Gasteiger partial charge in [-0.25, -0.2) is 0 Å².